The average molecular weight is 460 g/mol. The monoisotopic (exact) mass is 459 g/mol. The number of amides is 1. The van der Waals surface area contributed by atoms with Crippen LogP contribution >= 0.6 is 0 Å². The number of rotatable bonds is 6. The third-order valence-electron chi connectivity index (χ3n) is 6.39. The van der Waals surface area contributed by atoms with Gasteiger partial charge in [-0.1, -0.05) is 44.2 Å². The summed E-state index contributed by atoms with van der Waals surface area (Å²) in [6.45, 7) is 4.19. The van der Waals surface area contributed by atoms with Crippen molar-refractivity contribution in [3.63, 3.8) is 0 Å². The van der Waals surface area contributed by atoms with E-state index in [2.05, 4.69) is 13.8 Å². The number of hydrogen-bond acceptors (Lipinski definition) is 6. The number of aliphatic hydroxyl groups is 1. The van der Waals surface area contributed by atoms with Crippen LogP contribution in [0.4, 0.5) is 4.79 Å². The highest BCUT2D eigenvalue weighted by Crippen LogP contribution is 2.35. The Balaban J connectivity index is 1.58. The summed E-state index contributed by atoms with van der Waals surface area (Å²) in [4.78, 5) is 14.3. The molecule has 0 aromatic heterocycles. The number of aliphatic hydroxyl groups excluding tert-OH is 1. The van der Waals surface area contributed by atoms with Crippen LogP contribution in [0.25, 0.3) is 0 Å². The third kappa shape index (κ3) is 4.61. The standard InChI is InChI=1S/C24H29NO6S/c1-15(2)18-5-3-4-17(10-18)11-25-21-14-32(29,30)13-20(23(21)31-24(25)28)9-16-6-7-22(27)19(8-16)12-26/h3-8,10,15,20-21,23,26-27H,9,11-14H2,1-2H3/t20-,21+,23+/m1/s1. The summed E-state index contributed by atoms with van der Waals surface area (Å²) in [5.41, 5.74) is 3.27. The summed E-state index contributed by atoms with van der Waals surface area (Å²) < 4.78 is 31.2. The summed E-state index contributed by atoms with van der Waals surface area (Å²) in [7, 11) is -3.37. The highest BCUT2D eigenvalue weighted by atomic mass is 32.2. The summed E-state index contributed by atoms with van der Waals surface area (Å²) in [6.07, 6.45) is -0.637. The van der Waals surface area contributed by atoms with Crippen molar-refractivity contribution >= 4 is 15.9 Å². The molecule has 2 aliphatic rings. The van der Waals surface area contributed by atoms with Gasteiger partial charge in [0.25, 0.3) is 0 Å². The number of ether oxygens (including phenoxy) is 1. The van der Waals surface area contributed by atoms with Gasteiger partial charge >= 0.3 is 6.09 Å². The smallest absolute Gasteiger partial charge is 0.410 e. The minimum absolute atomic E-state index is 0.00695. The second-order valence-electron chi connectivity index (χ2n) is 9.11. The molecule has 2 heterocycles. The zero-order valence-corrected chi connectivity index (χ0v) is 19.1. The van der Waals surface area contributed by atoms with Gasteiger partial charge < -0.3 is 14.9 Å². The van der Waals surface area contributed by atoms with Gasteiger partial charge in [-0.2, -0.15) is 0 Å². The molecular weight excluding hydrogens is 430 g/mol. The van der Waals surface area contributed by atoms with Crippen molar-refractivity contribution < 1.29 is 28.2 Å². The van der Waals surface area contributed by atoms with Gasteiger partial charge in [-0.15, -0.1) is 0 Å². The number of phenols is 1. The molecule has 4 rings (SSSR count). The summed E-state index contributed by atoms with van der Waals surface area (Å²) in [5.74, 6) is -0.227. The minimum Gasteiger partial charge on any atom is -0.508 e. The van der Waals surface area contributed by atoms with E-state index in [0.29, 0.717) is 24.4 Å². The lowest BCUT2D eigenvalue weighted by atomic mass is 9.90. The molecule has 8 heteroatoms. The molecule has 2 aromatic rings. The zero-order chi connectivity index (χ0) is 23.0. The van der Waals surface area contributed by atoms with Crippen LogP contribution in [-0.4, -0.2) is 53.3 Å². The Kier molecular flexibility index (Phi) is 6.18. The Hall–Kier alpha value is -2.58. The molecule has 0 saturated carbocycles. The van der Waals surface area contributed by atoms with Gasteiger partial charge in [-0.25, -0.2) is 13.2 Å². The van der Waals surface area contributed by atoms with Gasteiger partial charge in [0.2, 0.25) is 0 Å². The van der Waals surface area contributed by atoms with Crippen LogP contribution in [-0.2, 0) is 34.1 Å². The second kappa shape index (κ2) is 8.75. The van der Waals surface area contributed by atoms with Crippen molar-refractivity contribution in [2.45, 2.75) is 51.5 Å². The number of carbonyl (C=O) groups excluding carboxylic acids is 1. The number of sulfone groups is 1. The van der Waals surface area contributed by atoms with Gasteiger partial charge in [-0.3, -0.25) is 4.90 Å². The fourth-order valence-electron chi connectivity index (χ4n) is 4.72. The summed E-state index contributed by atoms with van der Waals surface area (Å²) in [5, 5.41) is 19.2. The number of benzene rings is 2. The third-order valence-corrected chi connectivity index (χ3v) is 8.18. The van der Waals surface area contributed by atoms with Crippen LogP contribution in [0.15, 0.2) is 42.5 Å². The van der Waals surface area contributed by atoms with Crippen LogP contribution in [0.2, 0.25) is 0 Å². The maximum Gasteiger partial charge on any atom is 0.410 e. The maximum absolute atomic E-state index is 12.8. The Bertz CT molecular complexity index is 1110. The van der Waals surface area contributed by atoms with Crippen LogP contribution in [0.5, 0.6) is 5.75 Å². The van der Waals surface area contributed by atoms with Crippen molar-refractivity contribution in [3.05, 3.63) is 64.7 Å². The van der Waals surface area contributed by atoms with Crippen molar-refractivity contribution in [2.75, 3.05) is 11.5 Å². The van der Waals surface area contributed by atoms with E-state index in [1.165, 1.54) is 6.07 Å². The van der Waals surface area contributed by atoms with E-state index in [-0.39, 0.29) is 23.9 Å². The van der Waals surface area contributed by atoms with Gasteiger partial charge in [0.1, 0.15) is 11.9 Å². The molecular formula is C24H29NO6S. The lowest BCUT2D eigenvalue weighted by molar-refractivity contribution is 0.0970. The van der Waals surface area contributed by atoms with Crippen LogP contribution < -0.4 is 0 Å². The molecule has 2 fully saturated rings. The van der Waals surface area contributed by atoms with Gasteiger partial charge in [-0.05, 0) is 41.2 Å². The largest absolute Gasteiger partial charge is 0.508 e. The minimum atomic E-state index is -3.37. The first kappa shape index (κ1) is 22.6. The molecule has 2 N–H and O–H groups in total. The number of carbonyl (C=O) groups is 1. The molecule has 0 unspecified atom stereocenters. The van der Waals surface area contributed by atoms with Crippen molar-refractivity contribution in [1.82, 2.24) is 4.90 Å². The Morgan fingerprint density at radius 2 is 1.91 bits per heavy atom. The van der Waals surface area contributed by atoms with Crippen molar-refractivity contribution in [3.8, 4) is 5.75 Å². The molecule has 172 valence electrons. The zero-order valence-electron chi connectivity index (χ0n) is 18.3. The van der Waals surface area contributed by atoms with Gasteiger partial charge in [0, 0.05) is 18.0 Å². The SMILES string of the molecule is CC(C)c1cccc(CN2C(=O)O[C@H]3[C@H](Cc4ccc(O)c(CO)c4)CS(=O)(=O)C[C@@H]32)c1. The molecule has 32 heavy (non-hydrogen) atoms. The van der Waals surface area contributed by atoms with E-state index in [9.17, 15) is 23.4 Å². The Morgan fingerprint density at radius 1 is 1.12 bits per heavy atom. The first-order valence-corrected chi connectivity index (χ1v) is 12.7. The van der Waals surface area contributed by atoms with Crippen molar-refractivity contribution in [1.29, 1.82) is 0 Å². The lowest BCUT2D eigenvalue weighted by Crippen LogP contribution is -2.51. The fourth-order valence-corrected chi connectivity index (χ4v) is 6.71. The Labute approximate surface area is 188 Å². The molecule has 2 aromatic carbocycles. The molecule has 0 spiro atoms. The first-order chi connectivity index (χ1) is 15.2. The molecule has 2 aliphatic heterocycles. The van der Waals surface area contributed by atoms with E-state index in [4.69, 9.17) is 4.74 Å². The quantitative estimate of drug-likeness (QED) is 0.688. The van der Waals surface area contributed by atoms with Crippen LogP contribution in [0.1, 0.15) is 42.0 Å². The lowest BCUT2D eigenvalue weighted by Gasteiger charge is -2.34. The molecule has 1 amide bonds. The highest BCUT2D eigenvalue weighted by Gasteiger charge is 2.51. The topological polar surface area (TPSA) is 104 Å². The molecule has 7 nitrogen and oxygen atoms in total. The molecule has 0 aliphatic carbocycles. The average Bonchev–Trinajstić information content (AvgIpc) is 3.04. The molecule has 0 bridgehead atoms. The van der Waals surface area contributed by atoms with Crippen molar-refractivity contribution in [2.24, 2.45) is 5.92 Å². The second-order valence-corrected chi connectivity index (χ2v) is 11.3. The summed E-state index contributed by atoms with van der Waals surface area (Å²) >= 11 is 0. The molecule has 0 radical (unpaired) electrons. The highest BCUT2D eigenvalue weighted by molar-refractivity contribution is 7.91. The number of aromatic hydroxyl groups is 1. The predicted octanol–water partition coefficient (Wildman–Crippen LogP) is 2.98. The normalized spacial score (nSPS) is 24.4. The number of hydrogen-bond donors (Lipinski definition) is 2. The Morgan fingerprint density at radius 3 is 2.62 bits per heavy atom. The maximum atomic E-state index is 12.8. The van der Waals surface area contributed by atoms with E-state index in [0.717, 1.165) is 16.7 Å². The molecule has 2 saturated heterocycles. The van der Waals surface area contributed by atoms with Gasteiger partial charge in [0.15, 0.2) is 9.84 Å². The molecule has 3 atom stereocenters. The van der Waals surface area contributed by atoms with E-state index < -0.39 is 34.0 Å². The predicted molar refractivity (Wildman–Crippen MR) is 120 cm³/mol. The van der Waals surface area contributed by atoms with Gasteiger partial charge in [0.05, 0.1) is 24.2 Å². The number of nitrogens with zero attached hydrogens (tertiary/aromatic N) is 1. The van der Waals surface area contributed by atoms with E-state index in [1.54, 1.807) is 17.0 Å². The summed E-state index contributed by atoms with van der Waals surface area (Å²) in [6, 6.07) is 12.3. The van der Waals surface area contributed by atoms with E-state index >= 15 is 0 Å². The number of fused-ring (bicyclic) bond motifs is 1. The van der Waals surface area contributed by atoms with Crippen LogP contribution in [0.3, 0.4) is 0 Å². The van der Waals surface area contributed by atoms with E-state index in [1.807, 2.05) is 24.3 Å². The van der Waals surface area contributed by atoms with Crippen LogP contribution in [0, 0.1) is 5.92 Å². The fraction of sp³-hybridized carbons (Fsp3) is 0.458. The first-order valence-electron chi connectivity index (χ1n) is 10.8.